The van der Waals surface area contributed by atoms with Crippen LogP contribution in [0.25, 0.3) is 0 Å². The van der Waals surface area contributed by atoms with Gasteiger partial charge in [-0.2, -0.15) is 4.39 Å². The third-order valence-electron chi connectivity index (χ3n) is 7.35. The zero-order valence-electron chi connectivity index (χ0n) is 21.4. The Labute approximate surface area is 230 Å². The van der Waals surface area contributed by atoms with Gasteiger partial charge in [-0.05, 0) is 50.5 Å². The fourth-order valence-electron chi connectivity index (χ4n) is 5.22. The smallest absolute Gasteiger partial charge is 0.374 e. The number of carbonyl (C=O) groups is 1. The zero-order valence-corrected chi connectivity index (χ0v) is 22.2. The predicted octanol–water partition coefficient (Wildman–Crippen LogP) is 4.77. The number of pyridine rings is 1. The minimum atomic E-state index is -1.13. The average molecular weight is 549 g/mol. The third-order valence-corrected chi connectivity index (χ3v) is 8.40. The lowest BCUT2D eigenvalue weighted by atomic mass is 9.75. The number of halogens is 2. The number of nitrogens with zero attached hydrogens (tertiary/aromatic N) is 3. The minimum Gasteiger partial charge on any atom is -0.564 e. The second-order valence-electron chi connectivity index (χ2n) is 9.53. The summed E-state index contributed by atoms with van der Waals surface area (Å²) in [5.41, 5.74) is -0.955. The maximum absolute atomic E-state index is 15.2. The van der Waals surface area contributed by atoms with Crippen molar-refractivity contribution in [2.45, 2.75) is 37.8 Å². The molecule has 5 rings (SSSR count). The number of aromatic nitrogens is 1. The first-order valence-corrected chi connectivity index (χ1v) is 13.2. The number of carbonyl (C=O) groups excluding carboxylic acids is 1. The first-order valence-electron chi connectivity index (χ1n) is 12.4. The first-order chi connectivity index (χ1) is 18.8. The summed E-state index contributed by atoms with van der Waals surface area (Å²) in [5, 5.41) is 1.79. The lowest BCUT2D eigenvalue weighted by molar-refractivity contribution is 0.0259. The topological polar surface area (TPSA) is 64.0 Å². The van der Waals surface area contributed by atoms with Crippen LogP contribution < -0.4 is 19.8 Å². The molecule has 3 heterocycles. The highest BCUT2D eigenvalue weighted by Gasteiger charge is 2.48. The minimum absolute atomic E-state index is 0.0479. The van der Waals surface area contributed by atoms with Crippen LogP contribution >= 0.6 is 11.3 Å². The highest BCUT2D eigenvalue weighted by molar-refractivity contribution is 7.12. The van der Waals surface area contributed by atoms with Gasteiger partial charge in [0.1, 0.15) is 19.3 Å². The zero-order chi connectivity index (χ0) is 27.9. The Morgan fingerprint density at radius 1 is 1.15 bits per heavy atom. The molecule has 2 aliphatic rings. The Hall–Kier alpha value is -3.86. The summed E-state index contributed by atoms with van der Waals surface area (Å²) in [4.78, 5) is 30.0. The van der Waals surface area contributed by atoms with Gasteiger partial charge in [0.25, 0.3) is 5.91 Å². The fraction of sp³-hybridized carbons (Fsp3) is 0.286. The van der Waals surface area contributed by atoms with E-state index in [4.69, 9.17) is 17.4 Å². The normalized spacial score (nSPS) is 16.7. The number of hydrogen-bond donors (Lipinski definition) is 0. The number of aryl methyl sites for hydroxylation is 1. The molecule has 1 unspecified atom stereocenters. The van der Waals surface area contributed by atoms with E-state index in [1.54, 1.807) is 16.0 Å². The number of fused-ring (bicyclic) bond motifs is 1. The molecule has 1 aromatic carbocycles. The molecule has 1 saturated carbocycles. The van der Waals surface area contributed by atoms with Crippen LogP contribution in [-0.4, -0.2) is 42.3 Å². The molecule has 1 fully saturated rings. The molecule has 200 valence electrons. The van der Waals surface area contributed by atoms with E-state index >= 15 is 4.39 Å². The molecule has 39 heavy (non-hydrogen) atoms. The Kier molecular flexibility index (Phi) is 7.11. The summed E-state index contributed by atoms with van der Waals surface area (Å²) < 4.78 is 41.8. The standard InChI is InChI=1S/C28H26BF2N3O4S/c1-4-15-37-25-18(8-9-19(30)22(25)31)23(21-10-7-17(3)39-21)34-16-32(28(5-2)12-6-13-28)27(36)24-26(38-29)20(35)11-14-33(24)34/h4-5,7-11,14,23H,1-2,6,12-13,15-16H2,3H3. The fourth-order valence-corrected chi connectivity index (χ4v) is 6.23. The van der Waals surface area contributed by atoms with Crippen LogP contribution in [0.5, 0.6) is 11.5 Å². The molecule has 0 bridgehead atoms. The summed E-state index contributed by atoms with van der Waals surface area (Å²) in [5.74, 6) is -3.22. The number of thiophene rings is 1. The van der Waals surface area contributed by atoms with Crippen molar-refractivity contribution in [2.24, 2.45) is 0 Å². The molecule has 1 atom stereocenters. The third kappa shape index (κ3) is 4.34. The van der Waals surface area contributed by atoms with Crippen molar-refractivity contribution in [3.63, 3.8) is 0 Å². The molecule has 3 aromatic rings. The summed E-state index contributed by atoms with van der Waals surface area (Å²) >= 11 is 1.46. The number of rotatable bonds is 9. The number of benzene rings is 1. The van der Waals surface area contributed by atoms with Crippen molar-refractivity contribution in [3.8, 4) is 11.5 Å². The van der Waals surface area contributed by atoms with Crippen molar-refractivity contribution in [1.29, 1.82) is 0 Å². The van der Waals surface area contributed by atoms with Gasteiger partial charge in [-0.1, -0.05) is 18.7 Å². The van der Waals surface area contributed by atoms with Crippen molar-refractivity contribution in [2.75, 3.05) is 18.3 Å². The molecule has 1 aliphatic heterocycles. The van der Waals surface area contributed by atoms with Crippen LogP contribution in [0.15, 0.2) is 66.6 Å². The Balaban J connectivity index is 1.79. The quantitative estimate of drug-likeness (QED) is 0.284. The molecule has 0 N–H and O–H groups in total. The molecular weight excluding hydrogens is 523 g/mol. The predicted molar refractivity (Wildman–Crippen MR) is 146 cm³/mol. The van der Waals surface area contributed by atoms with Crippen molar-refractivity contribution >= 4 is 25.3 Å². The van der Waals surface area contributed by atoms with E-state index in [-0.39, 0.29) is 30.5 Å². The van der Waals surface area contributed by atoms with E-state index in [1.165, 1.54) is 40.4 Å². The largest absolute Gasteiger partial charge is 0.564 e. The maximum Gasteiger partial charge on any atom is 0.374 e. The lowest BCUT2D eigenvalue weighted by Crippen LogP contribution is -2.64. The van der Waals surface area contributed by atoms with E-state index in [2.05, 4.69) is 13.2 Å². The Morgan fingerprint density at radius 3 is 2.51 bits per heavy atom. The summed E-state index contributed by atoms with van der Waals surface area (Å²) in [6.07, 6.45) is 6.91. The number of hydrogen-bond acceptors (Lipinski definition) is 6. The van der Waals surface area contributed by atoms with Gasteiger partial charge in [0.05, 0.1) is 5.54 Å². The SMILES string of the molecule is [B]Oc1c2n(ccc1=O)N(C(c1ccc(C)s1)c1ccc(F)c(F)c1OCC=C)CN(C1(C=C)CCC1)C2=O. The van der Waals surface area contributed by atoms with Gasteiger partial charge >= 0.3 is 8.05 Å². The average Bonchev–Trinajstić information content (AvgIpc) is 3.33. The Morgan fingerprint density at radius 2 is 1.92 bits per heavy atom. The van der Waals surface area contributed by atoms with Gasteiger partial charge < -0.3 is 14.3 Å². The van der Waals surface area contributed by atoms with Gasteiger partial charge in [0.2, 0.25) is 11.2 Å². The van der Waals surface area contributed by atoms with Gasteiger partial charge in [-0.15, -0.1) is 17.9 Å². The molecule has 1 aliphatic carbocycles. The van der Waals surface area contributed by atoms with Crippen LogP contribution in [-0.2, 0) is 0 Å². The summed E-state index contributed by atoms with van der Waals surface area (Å²) in [6.45, 7) is 9.53. The van der Waals surface area contributed by atoms with Crippen LogP contribution in [0.2, 0.25) is 0 Å². The van der Waals surface area contributed by atoms with E-state index < -0.39 is 34.6 Å². The molecule has 2 aromatic heterocycles. The Bertz CT molecular complexity index is 1520. The van der Waals surface area contributed by atoms with Crippen LogP contribution in [0, 0.1) is 18.6 Å². The van der Waals surface area contributed by atoms with Gasteiger partial charge in [0.15, 0.2) is 23.0 Å². The van der Waals surface area contributed by atoms with Crippen molar-refractivity contribution in [1.82, 2.24) is 9.58 Å². The van der Waals surface area contributed by atoms with Crippen molar-refractivity contribution < 1.29 is 23.0 Å². The van der Waals surface area contributed by atoms with Crippen molar-refractivity contribution in [3.05, 3.63) is 105 Å². The van der Waals surface area contributed by atoms with Gasteiger partial charge in [0, 0.05) is 27.6 Å². The van der Waals surface area contributed by atoms with E-state index in [0.717, 1.165) is 22.2 Å². The van der Waals surface area contributed by atoms with E-state index in [0.29, 0.717) is 18.4 Å². The molecule has 0 saturated heterocycles. The number of ether oxygens (including phenoxy) is 1. The van der Waals surface area contributed by atoms with E-state index in [9.17, 15) is 14.0 Å². The molecular formula is C28H26BF2N3O4S. The molecule has 1 amide bonds. The highest BCUT2D eigenvalue weighted by Crippen LogP contribution is 2.45. The second kappa shape index (κ2) is 10.4. The van der Waals surface area contributed by atoms with Crippen LogP contribution in [0.3, 0.4) is 0 Å². The highest BCUT2D eigenvalue weighted by atomic mass is 32.1. The monoisotopic (exact) mass is 549 g/mol. The van der Waals surface area contributed by atoms with E-state index in [1.807, 2.05) is 19.1 Å². The number of amides is 1. The van der Waals surface area contributed by atoms with Gasteiger partial charge in [-0.25, -0.2) is 4.39 Å². The first kappa shape index (κ1) is 26.7. The summed E-state index contributed by atoms with van der Waals surface area (Å²) in [7, 11) is 5.49. The van der Waals surface area contributed by atoms with Crippen LogP contribution in [0.1, 0.15) is 51.1 Å². The second-order valence-corrected chi connectivity index (χ2v) is 10.8. The molecule has 11 heteroatoms. The molecule has 7 nitrogen and oxygen atoms in total. The molecule has 2 radical (unpaired) electrons. The van der Waals surface area contributed by atoms with Crippen LogP contribution in [0.4, 0.5) is 8.78 Å². The summed E-state index contributed by atoms with van der Waals surface area (Å²) in [6, 6.07) is 6.80. The maximum atomic E-state index is 15.2. The molecule has 0 spiro atoms. The lowest BCUT2D eigenvalue weighted by Gasteiger charge is -2.53. The van der Waals surface area contributed by atoms with Gasteiger partial charge in [-0.3, -0.25) is 19.3 Å².